The number of hydrogen-bond acceptors (Lipinski definition) is 3. The molecule has 0 aliphatic heterocycles. The van der Waals surface area contributed by atoms with E-state index in [1.807, 2.05) is 37.3 Å². The molecule has 24 heavy (non-hydrogen) atoms. The fourth-order valence-corrected chi connectivity index (χ4v) is 4.33. The molecule has 1 aromatic carbocycles. The predicted molar refractivity (Wildman–Crippen MR) is 98.9 cm³/mol. The summed E-state index contributed by atoms with van der Waals surface area (Å²) in [5.74, 6) is -0.155. The van der Waals surface area contributed by atoms with E-state index in [0.29, 0.717) is 17.0 Å². The third-order valence-corrected chi connectivity index (χ3v) is 5.37. The molecular formula is C19H22N2O2S. The predicted octanol–water partition coefficient (Wildman–Crippen LogP) is 4.62. The average Bonchev–Trinajstić information content (AvgIpc) is 2.93. The Kier molecular flexibility index (Phi) is 5.30. The third-order valence-electron chi connectivity index (χ3n) is 4.16. The van der Waals surface area contributed by atoms with Gasteiger partial charge in [-0.05, 0) is 49.8 Å². The number of nitrogens with one attached hydrogen (secondary N) is 2. The van der Waals surface area contributed by atoms with Crippen molar-refractivity contribution in [1.82, 2.24) is 0 Å². The Labute approximate surface area is 146 Å². The number of hydrogen-bond donors (Lipinski definition) is 2. The molecule has 5 heteroatoms. The number of amides is 2. The first-order valence-electron chi connectivity index (χ1n) is 8.49. The number of benzene rings is 1. The smallest absolute Gasteiger partial charge is 0.258 e. The van der Waals surface area contributed by atoms with Crippen molar-refractivity contribution in [3.63, 3.8) is 0 Å². The average molecular weight is 342 g/mol. The summed E-state index contributed by atoms with van der Waals surface area (Å²) >= 11 is 1.56. The summed E-state index contributed by atoms with van der Waals surface area (Å²) in [5.41, 5.74) is 2.54. The van der Waals surface area contributed by atoms with Crippen LogP contribution in [0.1, 0.15) is 53.4 Å². The van der Waals surface area contributed by atoms with Gasteiger partial charge < -0.3 is 10.6 Å². The molecule has 2 N–H and O–H groups in total. The molecule has 1 aliphatic rings. The fourth-order valence-electron chi connectivity index (χ4n) is 3.03. The Hall–Kier alpha value is -2.14. The molecule has 0 unspecified atom stereocenters. The lowest BCUT2D eigenvalue weighted by Crippen LogP contribution is -2.18. The van der Waals surface area contributed by atoms with Gasteiger partial charge in [0.05, 0.1) is 5.56 Å². The zero-order valence-electron chi connectivity index (χ0n) is 13.9. The van der Waals surface area contributed by atoms with Gasteiger partial charge in [0.2, 0.25) is 5.91 Å². The lowest BCUT2D eigenvalue weighted by molar-refractivity contribution is -0.116. The second kappa shape index (κ2) is 7.62. The largest absolute Gasteiger partial charge is 0.322 e. The summed E-state index contributed by atoms with van der Waals surface area (Å²) < 4.78 is 0. The molecular weight excluding hydrogens is 320 g/mol. The Morgan fingerprint density at radius 1 is 1.08 bits per heavy atom. The Morgan fingerprint density at radius 3 is 2.58 bits per heavy atom. The van der Waals surface area contributed by atoms with Crippen molar-refractivity contribution in [2.75, 3.05) is 10.6 Å². The van der Waals surface area contributed by atoms with Crippen LogP contribution < -0.4 is 10.6 Å². The molecule has 0 spiro atoms. The molecule has 1 aromatic heterocycles. The minimum atomic E-state index is -0.132. The van der Waals surface area contributed by atoms with Crippen LogP contribution in [-0.2, 0) is 17.6 Å². The van der Waals surface area contributed by atoms with Gasteiger partial charge in [0, 0.05) is 17.0 Å². The Balaban J connectivity index is 1.90. The van der Waals surface area contributed by atoms with Crippen LogP contribution in [0.5, 0.6) is 0 Å². The first kappa shape index (κ1) is 16.7. The maximum absolute atomic E-state index is 12.9. The summed E-state index contributed by atoms with van der Waals surface area (Å²) in [6, 6.07) is 9.43. The van der Waals surface area contributed by atoms with Gasteiger partial charge in [0.25, 0.3) is 5.91 Å². The van der Waals surface area contributed by atoms with E-state index in [-0.39, 0.29) is 11.8 Å². The van der Waals surface area contributed by atoms with Crippen LogP contribution in [0.4, 0.5) is 10.7 Å². The van der Waals surface area contributed by atoms with Gasteiger partial charge in [-0.15, -0.1) is 11.3 Å². The number of anilines is 2. The standard InChI is InChI=1S/C19H22N2O2S/c1-2-8-16(22)21-19-17(14-11-6-7-12-15(14)24-19)18(23)20-13-9-4-3-5-10-13/h3-5,9-10H,2,6-8,11-12H2,1H3,(H,20,23)(H,21,22). The van der Waals surface area contributed by atoms with Crippen LogP contribution in [-0.4, -0.2) is 11.8 Å². The molecule has 0 saturated heterocycles. The summed E-state index contributed by atoms with van der Waals surface area (Å²) in [4.78, 5) is 26.1. The van der Waals surface area contributed by atoms with Crippen molar-refractivity contribution in [3.8, 4) is 0 Å². The summed E-state index contributed by atoms with van der Waals surface area (Å²) in [6.07, 6.45) is 5.42. The number of thiophene rings is 1. The van der Waals surface area contributed by atoms with Gasteiger partial charge in [-0.25, -0.2) is 0 Å². The van der Waals surface area contributed by atoms with Gasteiger partial charge >= 0.3 is 0 Å². The van der Waals surface area contributed by atoms with Crippen molar-refractivity contribution in [2.24, 2.45) is 0 Å². The number of fused-ring (bicyclic) bond motifs is 1. The highest BCUT2D eigenvalue weighted by molar-refractivity contribution is 7.17. The molecule has 4 nitrogen and oxygen atoms in total. The van der Waals surface area contributed by atoms with Crippen molar-refractivity contribution < 1.29 is 9.59 Å². The van der Waals surface area contributed by atoms with Gasteiger partial charge in [-0.2, -0.15) is 0 Å². The first-order valence-corrected chi connectivity index (χ1v) is 9.31. The Morgan fingerprint density at radius 2 is 1.83 bits per heavy atom. The third kappa shape index (κ3) is 3.67. The van der Waals surface area contributed by atoms with E-state index < -0.39 is 0 Å². The number of para-hydroxylation sites is 1. The maximum Gasteiger partial charge on any atom is 0.258 e. The van der Waals surface area contributed by atoms with Crippen molar-refractivity contribution in [3.05, 3.63) is 46.3 Å². The molecule has 0 bridgehead atoms. The van der Waals surface area contributed by atoms with Gasteiger partial charge in [-0.1, -0.05) is 25.1 Å². The second-order valence-corrected chi connectivity index (χ2v) is 7.14. The summed E-state index contributed by atoms with van der Waals surface area (Å²) in [5, 5.41) is 6.61. The van der Waals surface area contributed by atoms with Crippen LogP contribution in [0.2, 0.25) is 0 Å². The van der Waals surface area contributed by atoms with E-state index in [9.17, 15) is 9.59 Å². The van der Waals surface area contributed by atoms with Crippen molar-refractivity contribution in [2.45, 2.75) is 45.4 Å². The molecule has 0 radical (unpaired) electrons. The second-order valence-electron chi connectivity index (χ2n) is 6.03. The molecule has 0 atom stereocenters. The first-order chi connectivity index (χ1) is 11.7. The minimum Gasteiger partial charge on any atom is -0.322 e. The van der Waals surface area contributed by atoms with E-state index >= 15 is 0 Å². The maximum atomic E-state index is 12.9. The van der Waals surface area contributed by atoms with E-state index in [2.05, 4.69) is 10.6 Å². The van der Waals surface area contributed by atoms with Gasteiger partial charge in [0.15, 0.2) is 0 Å². The zero-order chi connectivity index (χ0) is 16.9. The quantitative estimate of drug-likeness (QED) is 0.833. The molecule has 3 rings (SSSR count). The number of carbonyl (C=O) groups excluding carboxylic acids is 2. The van der Waals surface area contributed by atoms with E-state index in [1.54, 1.807) is 11.3 Å². The monoisotopic (exact) mass is 342 g/mol. The highest BCUT2D eigenvalue weighted by Crippen LogP contribution is 2.38. The van der Waals surface area contributed by atoms with E-state index in [4.69, 9.17) is 0 Å². The molecule has 1 aliphatic carbocycles. The number of rotatable bonds is 5. The zero-order valence-corrected chi connectivity index (χ0v) is 14.7. The lowest BCUT2D eigenvalue weighted by atomic mass is 9.95. The summed E-state index contributed by atoms with van der Waals surface area (Å²) in [6.45, 7) is 1.97. The molecule has 0 fully saturated rings. The van der Waals surface area contributed by atoms with Crippen LogP contribution in [0.15, 0.2) is 30.3 Å². The van der Waals surface area contributed by atoms with Gasteiger partial charge in [-0.3, -0.25) is 9.59 Å². The Bertz CT molecular complexity index is 737. The van der Waals surface area contributed by atoms with E-state index in [0.717, 1.165) is 43.4 Å². The van der Waals surface area contributed by atoms with Crippen molar-refractivity contribution in [1.29, 1.82) is 0 Å². The van der Waals surface area contributed by atoms with Crippen LogP contribution >= 0.6 is 11.3 Å². The highest BCUT2D eigenvalue weighted by Gasteiger charge is 2.26. The molecule has 2 amide bonds. The topological polar surface area (TPSA) is 58.2 Å². The highest BCUT2D eigenvalue weighted by atomic mass is 32.1. The molecule has 0 saturated carbocycles. The molecule has 1 heterocycles. The van der Waals surface area contributed by atoms with Crippen LogP contribution in [0, 0.1) is 0 Å². The van der Waals surface area contributed by atoms with Gasteiger partial charge in [0.1, 0.15) is 5.00 Å². The fraction of sp³-hybridized carbons (Fsp3) is 0.368. The van der Waals surface area contributed by atoms with Crippen LogP contribution in [0.25, 0.3) is 0 Å². The normalized spacial score (nSPS) is 13.2. The lowest BCUT2D eigenvalue weighted by Gasteiger charge is -2.13. The van der Waals surface area contributed by atoms with E-state index in [1.165, 1.54) is 4.88 Å². The molecule has 126 valence electrons. The SMILES string of the molecule is CCCC(=O)Nc1sc2c(c1C(=O)Nc1ccccc1)CCCC2. The number of aryl methyl sites for hydroxylation is 1. The minimum absolute atomic E-state index is 0.0233. The number of carbonyl (C=O) groups is 2. The molecule has 2 aromatic rings. The summed E-state index contributed by atoms with van der Waals surface area (Å²) in [7, 11) is 0. The van der Waals surface area contributed by atoms with Crippen molar-refractivity contribution >= 4 is 33.8 Å². The van der Waals surface area contributed by atoms with Crippen LogP contribution in [0.3, 0.4) is 0 Å².